The minimum atomic E-state index is -3.01. The van der Waals surface area contributed by atoms with Crippen LogP contribution in [0.5, 0.6) is 5.75 Å². The average molecular weight is 365 g/mol. The van der Waals surface area contributed by atoms with Crippen molar-refractivity contribution in [2.75, 3.05) is 18.8 Å². The number of carbonyl (C=O) groups excluding carboxylic acids is 1. The molecule has 0 radical (unpaired) electrons. The molecule has 0 aromatic heterocycles. The summed E-state index contributed by atoms with van der Waals surface area (Å²) in [5.41, 5.74) is 0.898. The van der Waals surface area contributed by atoms with Crippen molar-refractivity contribution in [3.8, 4) is 5.75 Å². The van der Waals surface area contributed by atoms with Crippen LogP contribution in [0.1, 0.15) is 39.2 Å². The zero-order valence-electron chi connectivity index (χ0n) is 15.1. The van der Waals surface area contributed by atoms with Gasteiger partial charge in [0.2, 0.25) is 5.91 Å². The van der Waals surface area contributed by atoms with Gasteiger partial charge in [-0.2, -0.15) is 0 Å². The quantitative estimate of drug-likeness (QED) is 0.727. The Balaban J connectivity index is 1.93. The van der Waals surface area contributed by atoms with Gasteiger partial charge in [-0.15, -0.1) is 0 Å². The molecule has 1 heterocycles. The first-order chi connectivity index (χ1) is 11.8. The highest BCUT2D eigenvalue weighted by Crippen LogP contribution is 2.19. The summed E-state index contributed by atoms with van der Waals surface area (Å²) in [4.78, 5) is 14.0. The Hall–Kier alpha value is -1.82. The SMILES string of the molecule is CCS(=O)(=O)C1CCN(C(=O)/C=C/c2cccc(OC(C)C)c2)CC1. The smallest absolute Gasteiger partial charge is 0.246 e. The number of benzene rings is 1. The molecule has 138 valence electrons. The lowest BCUT2D eigenvalue weighted by Gasteiger charge is -2.30. The van der Waals surface area contributed by atoms with Gasteiger partial charge in [0.05, 0.1) is 11.4 Å². The fourth-order valence-electron chi connectivity index (χ4n) is 2.91. The van der Waals surface area contributed by atoms with E-state index in [-0.39, 0.29) is 23.0 Å². The van der Waals surface area contributed by atoms with E-state index in [1.807, 2.05) is 38.1 Å². The Morgan fingerprint density at radius 2 is 2.00 bits per heavy atom. The number of hydrogen-bond acceptors (Lipinski definition) is 4. The van der Waals surface area contributed by atoms with E-state index in [0.29, 0.717) is 25.9 Å². The van der Waals surface area contributed by atoms with Gasteiger partial charge in [0.25, 0.3) is 0 Å². The summed E-state index contributed by atoms with van der Waals surface area (Å²) >= 11 is 0. The first-order valence-electron chi connectivity index (χ1n) is 8.77. The van der Waals surface area contributed by atoms with Crippen LogP contribution in [0.15, 0.2) is 30.3 Å². The second-order valence-electron chi connectivity index (χ2n) is 6.55. The van der Waals surface area contributed by atoms with E-state index in [9.17, 15) is 13.2 Å². The van der Waals surface area contributed by atoms with E-state index < -0.39 is 9.84 Å². The second-order valence-corrected chi connectivity index (χ2v) is 9.12. The van der Waals surface area contributed by atoms with Crippen LogP contribution < -0.4 is 4.74 Å². The lowest BCUT2D eigenvalue weighted by molar-refractivity contribution is -0.126. The summed E-state index contributed by atoms with van der Waals surface area (Å²) in [5.74, 6) is 0.859. The van der Waals surface area contributed by atoms with Crippen molar-refractivity contribution in [1.29, 1.82) is 0 Å². The third-order valence-electron chi connectivity index (χ3n) is 4.31. The number of likely N-dealkylation sites (tertiary alicyclic amines) is 1. The molecule has 1 aromatic rings. The molecule has 1 aliphatic rings. The maximum absolute atomic E-state index is 12.3. The molecule has 1 fully saturated rings. The Kier molecular flexibility index (Phi) is 6.64. The molecule has 0 saturated carbocycles. The van der Waals surface area contributed by atoms with Crippen molar-refractivity contribution >= 4 is 21.8 Å². The third-order valence-corrected chi connectivity index (χ3v) is 6.60. The van der Waals surface area contributed by atoms with Gasteiger partial charge in [0.15, 0.2) is 9.84 Å². The highest BCUT2D eigenvalue weighted by atomic mass is 32.2. The number of piperidine rings is 1. The van der Waals surface area contributed by atoms with Gasteiger partial charge < -0.3 is 9.64 Å². The van der Waals surface area contributed by atoms with Crippen LogP contribution >= 0.6 is 0 Å². The molecule has 2 rings (SSSR count). The molecular formula is C19H27NO4S. The monoisotopic (exact) mass is 365 g/mol. The Labute approximate surface area is 150 Å². The number of amides is 1. The lowest BCUT2D eigenvalue weighted by atomic mass is 10.1. The molecule has 1 aromatic carbocycles. The molecule has 0 unspecified atom stereocenters. The molecule has 0 aliphatic carbocycles. The number of ether oxygens (including phenoxy) is 1. The first-order valence-corrected chi connectivity index (χ1v) is 10.5. The predicted molar refractivity (Wildman–Crippen MR) is 100 cm³/mol. The van der Waals surface area contributed by atoms with Crippen LogP contribution in [0.3, 0.4) is 0 Å². The molecule has 0 atom stereocenters. The molecule has 0 bridgehead atoms. The number of nitrogens with zero attached hydrogens (tertiary/aromatic N) is 1. The van der Waals surface area contributed by atoms with Crippen molar-refractivity contribution in [3.63, 3.8) is 0 Å². The van der Waals surface area contributed by atoms with Crippen molar-refractivity contribution in [1.82, 2.24) is 4.90 Å². The standard InChI is InChI=1S/C19H27NO4S/c1-4-25(22,23)18-10-12-20(13-11-18)19(21)9-8-16-6-5-7-17(14-16)24-15(2)3/h5-9,14-15,18H,4,10-13H2,1-3H3/b9-8+. The van der Waals surface area contributed by atoms with Gasteiger partial charge >= 0.3 is 0 Å². The van der Waals surface area contributed by atoms with E-state index >= 15 is 0 Å². The molecule has 0 N–H and O–H groups in total. The Morgan fingerprint density at radius 3 is 2.60 bits per heavy atom. The highest BCUT2D eigenvalue weighted by molar-refractivity contribution is 7.92. The number of carbonyl (C=O) groups is 1. The molecule has 1 amide bonds. The molecule has 0 spiro atoms. The highest BCUT2D eigenvalue weighted by Gasteiger charge is 2.29. The van der Waals surface area contributed by atoms with Gasteiger partial charge in [-0.05, 0) is 50.5 Å². The van der Waals surface area contributed by atoms with Gasteiger partial charge in [-0.25, -0.2) is 8.42 Å². The van der Waals surface area contributed by atoms with Crippen LogP contribution in [-0.2, 0) is 14.6 Å². The van der Waals surface area contributed by atoms with Gasteiger partial charge in [0.1, 0.15) is 5.75 Å². The summed E-state index contributed by atoms with van der Waals surface area (Å²) in [7, 11) is -3.01. The van der Waals surface area contributed by atoms with Crippen molar-refractivity contribution in [3.05, 3.63) is 35.9 Å². The molecule has 5 nitrogen and oxygen atoms in total. The first kappa shape index (κ1) is 19.5. The molecular weight excluding hydrogens is 338 g/mol. The van der Waals surface area contributed by atoms with E-state index in [1.165, 1.54) is 0 Å². The number of hydrogen-bond donors (Lipinski definition) is 0. The molecule has 1 saturated heterocycles. The third kappa shape index (κ3) is 5.59. The summed E-state index contributed by atoms with van der Waals surface area (Å²) in [6.07, 6.45) is 4.45. The Morgan fingerprint density at radius 1 is 1.32 bits per heavy atom. The van der Waals surface area contributed by atoms with Crippen molar-refractivity contribution in [2.24, 2.45) is 0 Å². The van der Waals surface area contributed by atoms with E-state index in [2.05, 4.69) is 0 Å². The van der Waals surface area contributed by atoms with E-state index in [0.717, 1.165) is 11.3 Å². The van der Waals surface area contributed by atoms with Crippen LogP contribution in [0.25, 0.3) is 6.08 Å². The summed E-state index contributed by atoms with van der Waals surface area (Å²) in [5, 5.41) is -0.310. The maximum Gasteiger partial charge on any atom is 0.246 e. The topological polar surface area (TPSA) is 63.7 Å². The Bertz CT molecular complexity index is 717. The predicted octanol–water partition coefficient (Wildman–Crippen LogP) is 2.91. The minimum absolute atomic E-state index is 0.0810. The lowest BCUT2D eigenvalue weighted by Crippen LogP contribution is -2.42. The maximum atomic E-state index is 12.3. The molecule has 1 aliphatic heterocycles. The van der Waals surface area contributed by atoms with Crippen LogP contribution in [-0.4, -0.2) is 49.4 Å². The van der Waals surface area contributed by atoms with Gasteiger partial charge in [0, 0.05) is 24.9 Å². The second kappa shape index (κ2) is 8.52. The van der Waals surface area contributed by atoms with Crippen molar-refractivity contribution in [2.45, 2.75) is 45.0 Å². The van der Waals surface area contributed by atoms with Crippen LogP contribution in [0, 0.1) is 0 Å². The summed E-state index contributed by atoms with van der Waals surface area (Å²) in [6, 6.07) is 7.59. The van der Waals surface area contributed by atoms with Crippen LogP contribution in [0.4, 0.5) is 0 Å². The van der Waals surface area contributed by atoms with Gasteiger partial charge in [-0.1, -0.05) is 19.1 Å². The van der Waals surface area contributed by atoms with Gasteiger partial charge in [-0.3, -0.25) is 4.79 Å². The average Bonchev–Trinajstić information content (AvgIpc) is 2.59. The number of rotatable bonds is 6. The summed E-state index contributed by atoms with van der Waals surface area (Å²) < 4.78 is 29.5. The zero-order valence-corrected chi connectivity index (χ0v) is 16.0. The van der Waals surface area contributed by atoms with Crippen molar-refractivity contribution < 1.29 is 17.9 Å². The largest absolute Gasteiger partial charge is 0.491 e. The minimum Gasteiger partial charge on any atom is -0.491 e. The number of sulfone groups is 1. The molecule has 25 heavy (non-hydrogen) atoms. The normalized spacial score (nSPS) is 16.6. The van der Waals surface area contributed by atoms with E-state index in [1.54, 1.807) is 24.0 Å². The van der Waals surface area contributed by atoms with Crippen LogP contribution in [0.2, 0.25) is 0 Å². The zero-order chi connectivity index (χ0) is 18.4. The molecule has 6 heteroatoms. The fourth-order valence-corrected chi connectivity index (χ4v) is 4.31. The summed E-state index contributed by atoms with van der Waals surface area (Å²) in [6.45, 7) is 6.59. The van der Waals surface area contributed by atoms with E-state index in [4.69, 9.17) is 4.74 Å². The fraction of sp³-hybridized carbons (Fsp3) is 0.526.